The second-order valence-corrected chi connectivity index (χ2v) is 9.48. The van der Waals surface area contributed by atoms with Gasteiger partial charge in [-0.2, -0.15) is 0 Å². The van der Waals surface area contributed by atoms with Gasteiger partial charge in [-0.15, -0.1) is 11.3 Å². The van der Waals surface area contributed by atoms with E-state index in [4.69, 9.17) is 4.98 Å². The smallest absolute Gasteiger partial charge is 0.263 e. The van der Waals surface area contributed by atoms with Crippen molar-refractivity contribution in [3.63, 3.8) is 0 Å². The van der Waals surface area contributed by atoms with Crippen LogP contribution in [-0.4, -0.2) is 39.7 Å². The van der Waals surface area contributed by atoms with Gasteiger partial charge in [0, 0.05) is 25.5 Å². The number of amides is 1. The monoisotopic (exact) mass is 393 g/mol. The highest BCUT2D eigenvalue weighted by molar-refractivity contribution is 8.00. The fourth-order valence-corrected chi connectivity index (χ4v) is 5.82. The Bertz CT molecular complexity index is 870. The Morgan fingerprint density at radius 1 is 1.35 bits per heavy atom. The minimum Gasteiger partial charge on any atom is -0.348 e. The molecule has 1 amide bonds. The summed E-state index contributed by atoms with van der Waals surface area (Å²) in [6, 6.07) is 0. The Hall–Kier alpha value is -1.34. The molecule has 0 saturated heterocycles. The van der Waals surface area contributed by atoms with Gasteiger partial charge in [0.15, 0.2) is 5.16 Å². The average Bonchev–Trinajstić information content (AvgIpc) is 3.17. The number of rotatable bonds is 7. The van der Waals surface area contributed by atoms with E-state index in [1.165, 1.54) is 22.2 Å². The fraction of sp³-hybridized carbons (Fsp3) is 0.632. The quantitative estimate of drug-likeness (QED) is 0.409. The van der Waals surface area contributed by atoms with E-state index in [0.29, 0.717) is 11.7 Å². The molecule has 0 aliphatic heterocycles. The number of unbranched alkanes of at least 4 members (excludes halogenated alkanes) is 2. The number of aromatic nitrogens is 2. The first-order valence-electron chi connectivity index (χ1n) is 9.37. The average molecular weight is 394 g/mol. The molecule has 2 heterocycles. The van der Waals surface area contributed by atoms with Gasteiger partial charge in [-0.1, -0.05) is 31.5 Å². The third-order valence-electron chi connectivity index (χ3n) is 4.85. The van der Waals surface area contributed by atoms with E-state index < -0.39 is 0 Å². The number of hydrogen-bond acceptors (Lipinski definition) is 5. The van der Waals surface area contributed by atoms with Gasteiger partial charge in [-0.3, -0.25) is 14.2 Å². The summed E-state index contributed by atoms with van der Waals surface area (Å²) in [5, 5.41) is 1.25. The molecular weight excluding hydrogens is 366 g/mol. The third-order valence-corrected chi connectivity index (χ3v) is 7.11. The van der Waals surface area contributed by atoms with E-state index in [1.807, 2.05) is 11.5 Å². The Labute approximate surface area is 162 Å². The number of carbonyl (C=O) groups is 1. The van der Waals surface area contributed by atoms with Crippen LogP contribution >= 0.6 is 23.1 Å². The highest BCUT2D eigenvalue weighted by Crippen LogP contribution is 2.36. The lowest BCUT2D eigenvalue weighted by Gasteiger charge is -2.18. The highest BCUT2D eigenvalue weighted by atomic mass is 32.2. The van der Waals surface area contributed by atoms with Crippen molar-refractivity contribution >= 4 is 39.2 Å². The molecule has 0 saturated carbocycles. The van der Waals surface area contributed by atoms with E-state index >= 15 is 0 Å². The van der Waals surface area contributed by atoms with Crippen molar-refractivity contribution < 1.29 is 4.79 Å². The number of fused-ring (bicyclic) bond motifs is 3. The fourth-order valence-electron chi connectivity index (χ4n) is 3.44. The molecule has 2 aromatic rings. The minimum absolute atomic E-state index is 0.0399. The van der Waals surface area contributed by atoms with Crippen molar-refractivity contribution in [3.8, 4) is 0 Å². The maximum Gasteiger partial charge on any atom is 0.263 e. The third kappa shape index (κ3) is 3.69. The van der Waals surface area contributed by atoms with Gasteiger partial charge in [0.05, 0.1) is 10.6 Å². The van der Waals surface area contributed by atoms with Crippen molar-refractivity contribution in [2.75, 3.05) is 14.1 Å². The second kappa shape index (κ2) is 8.13. The number of nitrogens with zero attached hydrogens (tertiary/aromatic N) is 3. The number of aryl methyl sites for hydroxylation is 2. The van der Waals surface area contributed by atoms with Crippen LogP contribution in [-0.2, 0) is 24.2 Å². The standard InChI is InChI=1S/C19H27N3O2S2/c1-5-6-7-11-22-18(24)15-13-9-8-10-14(13)26-16(15)20-19(22)25-12(2)17(23)21(3)4/h12H,5-11H2,1-4H3. The van der Waals surface area contributed by atoms with Gasteiger partial charge in [-0.25, -0.2) is 4.98 Å². The van der Waals surface area contributed by atoms with Gasteiger partial charge >= 0.3 is 0 Å². The molecule has 5 nitrogen and oxygen atoms in total. The molecule has 1 unspecified atom stereocenters. The largest absolute Gasteiger partial charge is 0.348 e. The molecule has 7 heteroatoms. The van der Waals surface area contributed by atoms with Crippen LogP contribution in [0.25, 0.3) is 10.2 Å². The van der Waals surface area contributed by atoms with Gasteiger partial charge in [-0.05, 0) is 38.2 Å². The van der Waals surface area contributed by atoms with Crippen LogP contribution in [0.15, 0.2) is 9.95 Å². The Balaban J connectivity index is 2.03. The maximum absolute atomic E-state index is 13.3. The first kappa shape index (κ1) is 19.4. The second-order valence-electron chi connectivity index (χ2n) is 7.09. The van der Waals surface area contributed by atoms with Crippen molar-refractivity contribution in [3.05, 3.63) is 20.8 Å². The summed E-state index contributed by atoms with van der Waals surface area (Å²) in [7, 11) is 3.52. The van der Waals surface area contributed by atoms with Crippen LogP contribution in [0.2, 0.25) is 0 Å². The molecule has 0 radical (unpaired) electrons. The number of hydrogen-bond donors (Lipinski definition) is 0. The summed E-state index contributed by atoms with van der Waals surface area (Å²) in [5.74, 6) is 0.0399. The molecule has 1 aliphatic rings. The number of carbonyl (C=O) groups excluding carboxylic acids is 1. The summed E-state index contributed by atoms with van der Waals surface area (Å²) >= 11 is 3.06. The zero-order valence-electron chi connectivity index (χ0n) is 16.0. The molecule has 0 fully saturated rings. The van der Waals surface area contributed by atoms with E-state index in [0.717, 1.165) is 48.7 Å². The number of thioether (sulfide) groups is 1. The van der Waals surface area contributed by atoms with E-state index in [-0.39, 0.29) is 16.7 Å². The Morgan fingerprint density at radius 3 is 2.81 bits per heavy atom. The van der Waals surface area contributed by atoms with Crippen molar-refractivity contribution in [1.29, 1.82) is 0 Å². The van der Waals surface area contributed by atoms with Gasteiger partial charge in [0.1, 0.15) is 4.83 Å². The van der Waals surface area contributed by atoms with Gasteiger partial charge in [0.2, 0.25) is 5.91 Å². The molecule has 0 spiro atoms. The van der Waals surface area contributed by atoms with E-state index in [1.54, 1.807) is 30.3 Å². The van der Waals surface area contributed by atoms with Crippen LogP contribution in [0.5, 0.6) is 0 Å². The molecular formula is C19H27N3O2S2. The molecule has 26 heavy (non-hydrogen) atoms. The lowest BCUT2D eigenvalue weighted by atomic mass is 10.2. The van der Waals surface area contributed by atoms with Crippen LogP contribution in [0.3, 0.4) is 0 Å². The Kier molecular flexibility index (Phi) is 6.07. The van der Waals surface area contributed by atoms with Crippen molar-refractivity contribution in [2.24, 2.45) is 0 Å². The van der Waals surface area contributed by atoms with Gasteiger partial charge in [0.25, 0.3) is 5.56 Å². The van der Waals surface area contributed by atoms with Crippen LogP contribution in [0.1, 0.15) is 50.0 Å². The SMILES string of the molecule is CCCCCn1c(SC(C)C(=O)N(C)C)nc2sc3c(c2c1=O)CCC3. The first-order chi connectivity index (χ1) is 12.4. The zero-order valence-corrected chi connectivity index (χ0v) is 17.6. The number of thiophene rings is 1. The molecule has 0 bridgehead atoms. The van der Waals surface area contributed by atoms with Crippen LogP contribution in [0.4, 0.5) is 0 Å². The predicted molar refractivity (Wildman–Crippen MR) is 109 cm³/mol. The summed E-state index contributed by atoms with van der Waals surface area (Å²) in [6.45, 7) is 4.71. The molecule has 0 N–H and O–H groups in total. The summed E-state index contributed by atoms with van der Waals surface area (Å²) in [5.41, 5.74) is 1.30. The molecule has 1 atom stereocenters. The van der Waals surface area contributed by atoms with Crippen molar-refractivity contribution in [2.45, 2.75) is 69.3 Å². The molecule has 0 aromatic carbocycles. The van der Waals surface area contributed by atoms with Crippen molar-refractivity contribution in [1.82, 2.24) is 14.5 Å². The molecule has 142 valence electrons. The van der Waals surface area contributed by atoms with Crippen LogP contribution < -0.4 is 5.56 Å². The molecule has 3 rings (SSSR count). The normalized spacial score (nSPS) is 14.6. The summed E-state index contributed by atoms with van der Waals surface area (Å²) < 4.78 is 1.81. The summed E-state index contributed by atoms with van der Waals surface area (Å²) in [4.78, 5) is 34.1. The minimum atomic E-state index is -0.265. The maximum atomic E-state index is 13.3. The van der Waals surface area contributed by atoms with E-state index in [9.17, 15) is 9.59 Å². The molecule has 1 aliphatic carbocycles. The lowest BCUT2D eigenvalue weighted by Crippen LogP contribution is -2.31. The lowest BCUT2D eigenvalue weighted by molar-refractivity contribution is -0.127. The summed E-state index contributed by atoms with van der Waals surface area (Å²) in [6.07, 6.45) is 6.34. The highest BCUT2D eigenvalue weighted by Gasteiger charge is 2.25. The van der Waals surface area contributed by atoms with E-state index in [2.05, 4.69) is 6.92 Å². The van der Waals surface area contributed by atoms with Crippen LogP contribution in [0, 0.1) is 0 Å². The predicted octanol–water partition coefficient (Wildman–Crippen LogP) is 3.71. The topological polar surface area (TPSA) is 55.2 Å². The first-order valence-corrected chi connectivity index (χ1v) is 11.1. The molecule has 2 aromatic heterocycles. The Morgan fingerprint density at radius 2 is 2.12 bits per heavy atom. The van der Waals surface area contributed by atoms with Gasteiger partial charge < -0.3 is 4.90 Å². The zero-order chi connectivity index (χ0) is 18.8.